The van der Waals surface area contributed by atoms with Gasteiger partial charge in [-0.3, -0.25) is 14.4 Å². The van der Waals surface area contributed by atoms with E-state index < -0.39 is 28.8 Å². The second-order valence-corrected chi connectivity index (χ2v) is 12.6. The molecule has 1 aromatic carbocycles. The molecule has 2 aliphatic heterocycles. The third kappa shape index (κ3) is 7.12. The van der Waals surface area contributed by atoms with Crippen molar-refractivity contribution in [2.24, 2.45) is 11.3 Å². The van der Waals surface area contributed by atoms with Crippen molar-refractivity contribution in [3.63, 3.8) is 0 Å². The van der Waals surface area contributed by atoms with Gasteiger partial charge in [0.15, 0.2) is 0 Å². The number of amides is 2. The van der Waals surface area contributed by atoms with Crippen molar-refractivity contribution < 1.29 is 22.8 Å². The number of benzene rings is 1. The average molecular weight is 612 g/mol. The quantitative estimate of drug-likeness (QED) is 0.480. The molecule has 2 amide bonds. The SMILES string of the molecule is CC(=O)N1CCC2(CCC(C#Cc3ccc(N4CCN(C)[C@@H](C)C4)c(NC(=O)c4c[nH]c(=O)cc4C(F)(F)F)c3)CC2)CC1. The number of hydrogen-bond donors (Lipinski definition) is 2. The van der Waals surface area contributed by atoms with Crippen molar-refractivity contribution in [3.8, 4) is 11.8 Å². The molecule has 2 aromatic rings. The summed E-state index contributed by atoms with van der Waals surface area (Å²) in [6.07, 6.45) is 2.15. The summed E-state index contributed by atoms with van der Waals surface area (Å²) in [5, 5.41) is 2.70. The van der Waals surface area contributed by atoms with Crippen LogP contribution in [-0.2, 0) is 11.0 Å². The molecule has 1 saturated carbocycles. The smallest absolute Gasteiger partial charge is 0.367 e. The average Bonchev–Trinajstić information content (AvgIpc) is 2.98. The predicted molar refractivity (Wildman–Crippen MR) is 164 cm³/mol. The molecule has 0 bridgehead atoms. The van der Waals surface area contributed by atoms with Crippen molar-refractivity contribution >= 4 is 23.2 Å². The van der Waals surface area contributed by atoms with Gasteiger partial charge >= 0.3 is 6.18 Å². The number of nitrogens with one attached hydrogen (secondary N) is 2. The third-order valence-electron chi connectivity index (χ3n) is 9.76. The van der Waals surface area contributed by atoms with Gasteiger partial charge in [0.2, 0.25) is 11.5 Å². The number of aromatic nitrogens is 1. The maximum absolute atomic E-state index is 13.7. The molecule has 1 aromatic heterocycles. The van der Waals surface area contributed by atoms with E-state index in [1.165, 1.54) is 0 Å². The van der Waals surface area contributed by atoms with Crippen molar-refractivity contribution in [2.45, 2.75) is 64.6 Å². The predicted octanol–water partition coefficient (Wildman–Crippen LogP) is 4.96. The zero-order chi connectivity index (χ0) is 31.6. The van der Waals surface area contributed by atoms with E-state index in [1.807, 2.05) is 24.1 Å². The van der Waals surface area contributed by atoms with Crippen LogP contribution in [0.2, 0.25) is 0 Å². The van der Waals surface area contributed by atoms with E-state index in [0.717, 1.165) is 64.4 Å². The maximum Gasteiger partial charge on any atom is 0.417 e. The van der Waals surface area contributed by atoms with Crippen LogP contribution < -0.4 is 15.8 Å². The first-order valence-corrected chi connectivity index (χ1v) is 15.3. The van der Waals surface area contributed by atoms with Gasteiger partial charge < -0.3 is 25.0 Å². The normalized spacial score (nSPS) is 21.1. The zero-order valence-electron chi connectivity index (χ0n) is 25.5. The number of piperazine rings is 1. The standard InChI is InChI=1S/C33H40F3N5O3/c1-22-21-41(17-16-39(22)3)29-7-6-25(5-4-24-8-10-32(11-9-24)12-14-40(15-13-32)23(2)42)18-28(29)38-31(44)26-20-37-30(43)19-27(26)33(34,35)36/h6-7,18-20,22,24H,8-17,21H2,1-3H3,(H,37,43)(H,38,44)/t22-/m0/s1. The Morgan fingerprint density at radius 3 is 2.39 bits per heavy atom. The molecule has 0 unspecified atom stereocenters. The molecule has 44 heavy (non-hydrogen) atoms. The summed E-state index contributed by atoms with van der Waals surface area (Å²) in [6.45, 7) is 7.54. The number of H-pyrrole nitrogens is 1. The molecule has 3 heterocycles. The van der Waals surface area contributed by atoms with E-state index >= 15 is 0 Å². The van der Waals surface area contributed by atoms with Gasteiger partial charge in [-0.1, -0.05) is 11.8 Å². The molecule has 5 rings (SSSR count). The van der Waals surface area contributed by atoms with E-state index in [0.29, 0.717) is 41.5 Å². The fourth-order valence-corrected chi connectivity index (χ4v) is 6.70. The summed E-state index contributed by atoms with van der Waals surface area (Å²) in [6, 6.07) is 6.13. The summed E-state index contributed by atoms with van der Waals surface area (Å²) >= 11 is 0. The lowest BCUT2D eigenvalue weighted by Gasteiger charge is -2.45. The van der Waals surface area contributed by atoms with E-state index in [4.69, 9.17) is 0 Å². The van der Waals surface area contributed by atoms with Crippen LogP contribution in [0.25, 0.3) is 0 Å². The first-order chi connectivity index (χ1) is 20.8. The van der Waals surface area contributed by atoms with Crippen LogP contribution >= 0.6 is 0 Å². The number of alkyl halides is 3. The minimum atomic E-state index is -4.87. The highest BCUT2D eigenvalue weighted by molar-refractivity contribution is 6.07. The molecule has 1 aliphatic carbocycles. The third-order valence-corrected chi connectivity index (χ3v) is 9.76. The lowest BCUT2D eigenvalue weighted by molar-refractivity contribution is -0.138. The topological polar surface area (TPSA) is 88.8 Å². The highest BCUT2D eigenvalue weighted by Gasteiger charge is 2.38. The van der Waals surface area contributed by atoms with Crippen LogP contribution in [0, 0.1) is 23.2 Å². The van der Waals surface area contributed by atoms with Gasteiger partial charge in [0, 0.05) is 69.4 Å². The Bertz CT molecular complexity index is 1510. The number of pyridine rings is 1. The van der Waals surface area contributed by atoms with Gasteiger partial charge in [-0.05, 0) is 76.1 Å². The molecule has 3 aliphatic rings. The Kier molecular flexibility index (Phi) is 9.12. The molecule has 2 saturated heterocycles. The van der Waals surface area contributed by atoms with Crippen molar-refractivity contribution in [1.82, 2.24) is 14.8 Å². The second kappa shape index (κ2) is 12.7. The highest BCUT2D eigenvalue weighted by atomic mass is 19.4. The number of carbonyl (C=O) groups excluding carboxylic acids is 2. The molecule has 1 atom stereocenters. The van der Waals surface area contributed by atoms with Gasteiger partial charge in [0.05, 0.1) is 22.5 Å². The van der Waals surface area contributed by atoms with Crippen LogP contribution in [0.5, 0.6) is 0 Å². The van der Waals surface area contributed by atoms with Crippen LogP contribution in [-0.4, -0.2) is 72.4 Å². The van der Waals surface area contributed by atoms with Gasteiger partial charge in [0.1, 0.15) is 0 Å². The maximum atomic E-state index is 13.7. The molecule has 0 radical (unpaired) electrons. The monoisotopic (exact) mass is 611 g/mol. The van der Waals surface area contributed by atoms with Crippen LogP contribution in [0.15, 0.2) is 35.3 Å². The van der Waals surface area contributed by atoms with Gasteiger partial charge in [0.25, 0.3) is 5.91 Å². The van der Waals surface area contributed by atoms with Crippen LogP contribution in [0.3, 0.4) is 0 Å². The molecule has 3 fully saturated rings. The number of rotatable bonds is 3. The second-order valence-electron chi connectivity index (χ2n) is 12.6. The Morgan fingerprint density at radius 2 is 1.75 bits per heavy atom. The number of piperidine rings is 1. The lowest BCUT2D eigenvalue weighted by atomic mass is 9.65. The molecule has 236 valence electrons. The Hall–Kier alpha value is -3.78. The highest BCUT2D eigenvalue weighted by Crippen LogP contribution is 2.46. The number of aromatic amines is 1. The molecule has 8 nitrogen and oxygen atoms in total. The van der Waals surface area contributed by atoms with Crippen molar-refractivity contribution in [2.75, 3.05) is 50.0 Å². The first kappa shape index (κ1) is 31.6. The fourth-order valence-electron chi connectivity index (χ4n) is 6.70. The van der Waals surface area contributed by atoms with E-state index in [1.54, 1.807) is 13.0 Å². The van der Waals surface area contributed by atoms with Gasteiger partial charge in [-0.15, -0.1) is 0 Å². The van der Waals surface area contributed by atoms with E-state index in [2.05, 4.69) is 38.9 Å². The Morgan fingerprint density at radius 1 is 1.05 bits per heavy atom. The van der Waals surface area contributed by atoms with Crippen molar-refractivity contribution in [3.05, 3.63) is 57.5 Å². The largest absolute Gasteiger partial charge is 0.417 e. The first-order valence-electron chi connectivity index (χ1n) is 15.3. The number of likely N-dealkylation sites (tertiary alicyclic amines) is 1. The van der Waals surface area contributed by atoms with Gasteiger partial charge in [-0.2, -0.15) is 13.2 Å². The Labute approximate surface area is 256 Å². The van der Waals surface area contributed by atoms with E-state index in [-0.39, 0.29) is 17.9 Å². The number of hydrogen-bond acceptors (Lipinski definition) is 5. The molecule has 11 heteroatoms. The summed E-state index contributed by atoms with van der Waals surface area (Å²) in [7, 11) is 2.04. The summed E-state index contributed by atoms with van der Waals surface area (Å²) in [4.78, 5) is 45.1. The number of carbonyl (C=O) groups is 2. The Balaban J connectivity index is 1.36. The fraction of sp³-hybridized carbons (Fsp3) is 0.545. The van der Waals surface area contributed by atoms with E-state index in [9.17, 15) is 27.6 Å². The number of anilines is 2. The number of halogens is 3. The number of likely N-dealkylation sites (N-methyl/N-ethyl adjacent to an activating group) is 1. The van der Waals surface area contributed by atoms with Crippen molar-refractivity contribution in [1.29, 1.82) is 0 Å². The molecule has 2 N–H and O–H groups in total. The van der Waals surface area contributed by atoms with Crippen LogP contribution in [0.4, 0.5) is 24.5 Å². The van der Waals surface area contributed by atoms with Crippen LogP contribution in [0.1, 0.15) is 73.9 Å². The number of nitrogens with zero attached hydrogens (tertiary/aromatic N) is 3. The summed E-state index contributed by atoms with van der Waals surface area (Å²) in [5.74, 6) is 6.09. The van der Waals surface area contributed by atoms with Gasteiger partial charge in [-0.25, -0.2) is 0 Å². The molecular weight excluding hydrogens is 571 g/mol. The molecular formula is C33H40F3N5O3. The minimum Gasteiger partial charge on any atom is -0.367 e. The summed E-state index contributed by atoms with van der Waals surface area (Å²) in [5.41, 5.74) is -0.842. The summed E-state index contributed by atoms with van der Waals surface area (Å²) < 4.78 is 41.1. The lowest BCUT2D eigenvalue weighted by Crippen LogP contribution is -2.50. The minimum absolute atomic E-state index is 0.141. The zero-order valence-corrected chi connectivity index (χ0v) is 25.5. The molecule has 1 spiro atoms.